The molecule has 94 valence electrons. The molecule has 0 fully saturated rings. The predicted molar refractivity (Wildman–Crippen MR) is 68.8 cm³/mol. The summed E-state index contributed by atoms with van der Waals surface area (Å²) in [6, 6.07) is 6.62. The molecule has 0 unspecified atom stereocenters. The van der Waals surface area contributed by atoms with Gasteiger partial charge in [-0.1, -0.05) is 0 Å². The third kappa shape index (κ3) is 3.35. The first-order valence-corrected chi connectivity index (χ1v) is 5.38. The van der Waals surface area contributed by atoms with Gasteiger partial charge in [0.25, 0.3) is 0 Å². The summed E-state index contributed by atoms with van der Waals surface area (Å²) in [7, 11) is 1.64. The number of aliphatic hydroxyl groups is 1. The predicted octanol–water partition coefficient (Wildman–Crippen LogP) is 1.50. The molecule has 0 saturated carbocycles. The van der Waals surface area contributed by atoms with E-state index in [0.717, 1.165) is 0 Å². The van der Waals surface area contributed by atoms with Gasteiger partial charge < -0.3 is 21.1 Å². The van der Waals surface area contributed by atoms with Crippen LogP contribution in [0, 0.1) is 0 Å². The summed E-state index contributed by atoms with van der Waals surface area (Å²) in [4.78, 5) is 13.3. The van der Waals surface area contributed by atoms with E-state index in [9.17, 15) is 9.90 Å². The first kappa shape index (κ1) is 13.3. The van der Waals surface area contributed by atoms with E-state index in [0.29, 0.717) is 11.4 Å². The number of rotatable bonds is 3. The number of likely N-dealkylation sites (N-methyl/N-ethyl adjacent to an activating group) is 1. The summed E-state index contributed by atoms with van der Waals surface area (Å²) in [6.45, 7) is 3.48. The molecule has 0 aromatic heterocycles. The number of nitrogens with two attached hydrogens (primary N) is 1. The van der Waals surface area contributed by atoms with Gasteiger partial charge in [0, 0.05) is 18.4 Å². The van der Waals surface area contributed by atoms with E-state index in [4.69, 9.17) is 5.73 Å². The van der Waals surface area contributed by atoms with E-state index in [1.807, 2.05) is 0 Å². The minimum absolute atomic E-state index is 0.0986. The molecule has 0 heterocycles. The van der Waals surface area contributed by atoms with Crippen molar-refractivity contribution in [2.45, 2.75) is 19.4 Å². The quantitative estimate of drug-likeness (QED) is 0.697. The lowest BCUT2D eigenvalue weighted by molar-refractivity contribution is 0.104. The molecular weight excluding hydrogens is 218 g/mol. The Labute approximate surface area is 101 Å². The van der Waals surface area contributed by atoms with Gasteiger partial charge in [0.05, 0.1) is 12.1 Å². The summed E-state index contributed by atoms with van der Waals surface area (Å²) < 4.78 is 0. The van der Waals surface area contributed by atoms with Crippen LogP contribution in [0.2, 0.25) is 0 Å². The summed E-state index contributed by atoms with van der Waals surface area (Å²) >= 11 is 0. The Bertz CT molecular complexity index is 387. The third-order valence-electron chi connectivity index (χ3n) is 2.76. The van der Waals surface area contributed by atoms with Crippen LogP contribution in [0.15, 0.2) is 24.3 Å². The molecule has 17 heavy (non-hydrogen) atoms. The number of benzene rings is 1. The number of carbonyl (C=O) groups excluding carboxylic acids is 1. The van der Waals surface area contributed by atoms with Crippen molar-refractivity contribution < 1.29 is 9.90 Å². The van der Waals surface area contributed by atoms with Gasteiger partial charge in [-0.25, -0.2) is 4.79 Å². The molecule has 2 amide bonds. The molecule has 0 aliphatic rings. The molecule has 0 aliphatic carbocycles. The average Bonchev–Trinajstić information content (AvgIpc) is 2.31. The highest BCUT2D eigenvalue weighted by Crippen LogP contribution is 2.15. The monoisotopic (exact) mass is 237 g/mol. The number of anilines is 2. The fraction of sp³-hybridized carbons (Fsp3) is 0.417. The molecule has 4 N–H and O–H groups in total. The fourth-order valence-electron chi connectivity index (χ4n) is 1.15. The van der Waals surface area contributed by atoms with Crippen molar-refractivity contribution in [2.24, 2.45) is 0 Å². The van der Waals surface area contributed by atoms with Gasteiger partial charge in [-0.2, -0.15) is 0 Å². The lowest BCUT2D eigenvalue weighted by atomic mass is 10.1. The second-order valence-corrected chi connectivity index (χ2v) is 4.58. The average molecular weight is 237 g/mol. The van der Waals surface area contributed by atoms with Crippen LogP contribution >= 0.6 is 0 Å². The topological polar surface area (TPSA) is 78.6 Å². The van der Waals surface area contributed by atoms with Crippen LogP contribution in [0.3, 0.4) is 0 Å². The van der Waals surface area contributed by atoms with E-state index in [1.54, 1.807) is 45.2 Å². The Balaban J connectivity index is 2.69. The normalized spacial score (nSPS) is 11.1. The molecule has 0 radical (unpaired) electrons. The highest BCUT2D eigenvalue weighted by Gasteiger charge is 2.26. The number of hydrogen-bond donors (Lipinski definition) is 3. The summed E-state index contributed by atoms with van der Waals surface area (Å²) in [5.74, 6) is 0. The Hall–Kier alpha value is -1.75. The number of hydrogen-bond acceptors (Lipinski definition) is 3. The van der Waals surface area contributed by atoms with Crippen LogP contribution in [0.5, 0.6) is 0 Å². The molecule has 0 saturated heterocycles. The smallest absolute Gasteiger partial charge is 0.322 e. The van der Waals surface area contributed by atoms with Gasteiger partial charge >= 0.3 is 6.03 Å². The van der Waals surface area contributed by atoms with Crippen molar-refractivity contribution in [1.29, 1.82) is 0 Å². The van der Waals surface area contributed by atoms with Crippen LogP contribution in [0.25, 0.3) is 0 Å². The lowest BCUT2D eigenvalue weighted by Gasteiger charge is -2.33. The van der Waals surface area contributed by atoms with Gasteiger partial charge in [-0.3, -0.25) is 0 Å². The van der Waals surface area contributed by atoms with Gasteiger partial charge in [-0.05, 0) is 38.1 Å². The van der Waals surface area contributed by atoms with Crippen LogP contribution < -0.4 is 11.1 Å². The zero-order chi connectivity index (χ0) is 13.1. The zero-order valence-corrected chi connectivity index (χ0v) is 10.4. The minimum atomic E-state index is -0.599. The first-order chi connectivity index (χ1) is 7.86. The van der Waals surface area contributed by atoms with Gasteiger partial charge in [0.2, 0.25) is 0 Å². The summed E-state index contributed by atoms with van der Waals surface area (Å²) in [6.07, 6.45) is 0. The van der Waals surface area contributed by atoms with Crippen molar-refractivity contribution in [2.75, 3.05) is 24.7 Å². The Morgan fingerprint density at radius 2 is 1.94 bits per heavy atom. The second kappa shape index (κ2) is 5.05. The fourth-order valence-corrected chi connectivity index (χ4v) is 1.15. The highest BCUT2D eigenvalue weighted by atomic mass is 16.3. The standard InChI is InChI=1S/C12H19N3O2/c1-12(2,8-16)15(3)11(17)14-10-6-4-9(13)5-7-10/h4-7,16H,8,13H2,1-3H3,(H,14,17). The largest absolute Gasteiger partial charge is 0.399 e. The van der Waals surface area contributed by atoms with Crippen LogP contribution in [-0.4, -0.2) is 35.2 Å². The van der Waals surface area contributed by atoms with Crippen molar-refractivity contribution in [3.05, 3.63) is 24.3 Å². The van der Waals surface area contributed by atoms with Gasteiger partial charge in [0.15, 0.2) is 0 Å². The van der Waals surface area contributed by atoms with Gasteiger partial charge in [-0.15, -0.1) is 0 Å². The molecular formula is C12H19N3O2. The minimum Gasteiger partial charge on any atom is -0.399 e. The molecule has 5 heteroatoms. The molecule has 0 aliphatic heterocycles. The van der Waals surface area contributed by atoms with Crippen molar-refractivity contribution >= 4 is 17.4 Å². The van der Waals surface area contributed by atoms with Gasteiger partial charge in [0.1, 0.15) is 0 Å². The molecule has 1 rings (SSSR count). The van der Waals surface area contributed by atoms with Crippen LogP contribution in [0.1, 0.15) is 13.8 Å². The second-order valence-electron chi connectivity index (χ2n) is 4.58. The Morgan fingerprint density at radius 3 is 2.41 bits per heavy atom. The maximum Gasteiger partial charge on any atom is 0.322 e. The zero-order valence-electron chi connectivity index (χ0n) is 10.4. The number of nitrogens with zero attached hydrogens (tertiary/aromatic N) is 1. The molecule has 5 nitrogen and oxygen atoms in total. The molecule has 0 spiro atoms. The van der Waals surface area contributed by atoms with Crippen LogP contribution in [0.4, 0.5) is 16.2 Å². The maximum atomic E-state index is 11.9. The van der Waals surface area contributed by atoms with Crippen molar-refractivity contribution in [3.63, 3.8) is 0 Å². The number of urea groups is 1. The van der Waals surface area contributed by atoms with E-state index in [2.05, 4.69) is 5.32 Å². The molecule has 1 aromatic carbocycles. The molecule has 1 aromatic rings. The SMILES string of the molecule is CN(C(=O)Nc1ccc(N)cc1)C(C)(C)CO. The Morgan fingerprint density at radius 1 is 1.41 bits per heavy atom. The van der Waals surface area contributed by atoms with Crippen LogP contribution in [-0.2, 0) is 0 Å². The molecule has 0 bridgehead atoms. The summed E-state index contributed by atoms with van der Waals surface area (Å²) in [5, 5.41) is 11.9. The highest BCUT2D eigenvalue weighted by molar-refractivity contribution is 5.89. The van der Waals surface area contributed by atoms with E-state index in [1.165, 1.54) is 4.90 Å². The Kier molecular flexibility index (Phi) is 3.96. The third-order valence-corrected chi connectivity index (χ3v) is 2.76. The lowest BCUT2D eigenvalue weighted by Crippen LogP contribution is -2.49. The first-order valence-electron chi connectivity index (χ1n) is 5.38. The summed E-state index contributed by atoms with van der Waals surface area (Å²) in [5.41, 5.74) is 6.27. The number of carbonyl (C=O) groups is 1. The number of amides is 2. The number of aliphatic hydroxyl groups excluding tert-OH is 1. The molecule has 0 atom stereocenters. The van der Waals surface area contributed by atoms with E-state index < -0.39 is 5.54 Å². The number of nitrogen functional groups attached to an aromatic ring is 1. The number of nitrogens with one attached hydrogen (secondary N) is 1. The van der Waals surface area contributed by atoms with E-state index >= 15 is 0 Å². The van der Waals surface area contributed by atoms with Crippen molar-refractivity contribution in [3.8, 4) is 0 Å². The van der Waals surface area contributed by atoms with Crippen molar-refractivity contribution in [1.82, 2.24) is 4.90 Å². The van der Waals surface area contributed by atoms with E-state index in [-0.39, 0.29) is 12.6 Å². The maximum absolute atomic E-state index is 11.9.